The fourth-order valence-corrected chi connectivity index (χ4v) is 2.94. The maximum absolute atomic E-state index is 5.80. The molecule has 1 aromatic heterocycles. The summed E-state index contributed by atoms with van der Waals surface area (Å²) in [4.78, 5) is 0. The molecule has 0 aliphatic heterocycles. The Bertz CT molecular complexity index is 535. The Morgan fingerprint density at radius 3 is 2.33 bits per heavy atom. The van der Waals surface area contributed by atoms with Gasteiger partial charge in [-0.25, -0.2) is 0 Å². The van der Waals surface area contributed by atoms with E-state index in [0.29, 0.717) is 18.5 Å². The van der Waals surface area contributed by atoms with Gasteiger partial charge in [0.05, 0.1) is 0 Å². The van der Waals surface area contributed by atoms with Crippen molar-refractivity contribution in [2.24, 2.45) is 5.73 Å². The second kappa shape index (κ2) is 5.15. The first kappa shape index (κ1) is 13.2. The number of hydrogen-bond acceptors (Lipinski definition) is 1. The van der Waals surface area contributed by atoms with E-state index < -0.39 is 0 Å². The smallest absolute Gasteiger partial charge is 0.0487 e. The zero-order valence-electron chi connectivity index (χ0n) is 11.9. The third-order valence-electron chi connectivity index (χ3n) is 3.52. The van der Waals surface area contributed by atoms with Crippen molar-refractivity contribution < 1.29 is 0 Å². The Hall–Kier alpha value is -1.28. The Kier molecular flexibility index (Phi) is 3.76. The molecule has 0 spiro atoms. The lowest BCUT2D eigenvalue weighted by atomic mass is 10.0. The highest BCUT2D eigenvalue weighted by atomic mass is 15.0. The number of aromatic nitrogens is 1. The van der Waals surface area contributed by atoms with E-state index in [4.69, 9.17) is 5.73 Å². The third-order valence-corrected chi connectivity index (χ3v) is 3.52. The van der Waals surface area contributed by atoms with Gasteiger partial charge in [0.1, 0.15) is 0 Å². The lowest BCUT2D eigenvalue weighted by Gasteiger charge is -2.18. The molecule has 0 atom stereocenters. The fraction of sp³-hybridized carbons (Fsp3) is 0.500. The number of fused-ring (bicyclic) bond motifs is 1. The molecule has 0 radical (unpaired) electrons. The third kappa shape index (κ3) is 2.05. The summed E-state index contributed by atoms with van der Waals surface area (Å²) >= 11 is 0. The van der Waals surface area contributed by atoms with E-state index in [1.807, 2.05) is 0 Å². The van der Waals surface area contributed by atoms with Crippen LogP contribution in [0.4, 0.5) is 0 Å². The highest BCUT2D eigenvalue weighted by molar-refractivity contribution is 5.86. The van der Waals surface area contributed by atoms with Gasteiger partial charge in [-0.05, 0) is 44.4 Å². The number of hydrogen-bond donors (Lipinski definition) is 1. The minimum atomic E-state index is 0.485. The van der Waals surface area contributed by atoms with Gasteiger partial charge in [0.25, 0.3) is 0 Å². The molecule has 0 aliphatic rings. The molecule has 1 aromatic carbocycles. The number of nitrogens with two attached hydrogens (primary N) is 1. The standard InChI is InChI=1S/C16H24N2/c1-11(2)16-14(9-10-17)13-7-5-6-8-15(13)18(16)12(3)4/h5-8,11-12H,9-10,17H2,1-4H3. The van der Waals surface area contributed by atoms with Gasteiger partial charge in [-0.2, -0.15) is 0 Å². The molecule has 0 bridgehead atoms. The summed E-state index contributed by atoms with van der Waals surface area (Å²) in [5.41, 5.74) is 10.0. The first-order valence-electron chi connectivity index (χ1n) is 6.89. The van der Waals surface area contributed by atoms with Crippen molar-refractivity contribution in [2.45, 2.75) is 46.1 Å². The van der Waals surface area contributed by atoms with E-state index in [1.165, 1.54) is 22.2 Å². The van der Waals surface area contributed by atoms with Crippen molar-refractivity contribution in [1.82, 2.24) is 4.57 Å². The van der Waals surface area contributed by atoms with Crippen LogP contribution in [0.25, 0.3) is 10.9 Å². The van der Waals surface area contributed by atoms with E-state index in [1.54, 1.807) is 0 Å². The molecular formula is C16H24N2. The average molecular weight is 244 g/mol. The zero-order chi connectivity index (χ0) is 13.3. The SMILES string of the molecule is CC(C)c1c(CCN)c2ccccc2n1C(C)C. The first-order valence-corrected chi connectivity index (χ1v) is 6.89. The fourth-order valence-electron chi connectivity index (χ4n) is 2.94. The van der Waals surface area contributed by atoms with Gasteiger partial charge >= 0.3 is 0 Å². The van der Waals surface area contributed by atoms with Crippen LogP contribution in [0.3, 0.4) is 0 Å². The maximum atomic E-state index is 5.80. The summed E-state index contributed by atoms with van der Waals surface area (Å²) in [5, 5.41) is 1.38. The van der Waals surface area contributed by atoms with Crippen LogP contribution in [-0.4, -0.2) is 11.1 Å². The number of para-hydroxylation sites is 1. The molecule has 0 saturated carbocycles. The minimum Gasteiger partial charge on any atom is -0.342 e. The molecule has 2 N–H and O–H groups in total. The Labute approximate surface area is 110 Å². The van der Waals surface area contributed by atoms with Crippen LogP contribution in [0.5, 0.6) is 0 Å². The van der Waals surface area contributed by atoms with Crippen LogP contribution >= 0.6 is 0 Å². The molecule has 0 saturated heterocycles. The Morgan fingerprint density at radius 2 is 1.78 bits per heavy atom. The van der Waals surface area contributed by atoms with E-state index in [-0.39, 0.29) is 0 Å². The van der Waals surface area contributed by atoms with Crippen molar-refractivity contribution in [2.75, 3.05) is 6.54 Å². The zero-order valence-corrected chi connectivity index (χ0v) is 11.9. The summed E-state index contributed by atoms with van der Waals surface area (Å²) in [7, 11) is 0. The van der Waals surface area contributed by atoms with Crippen molar-refractivity contribution in [3.63, 3.8) is 0 Å². The predicted octanol–water partition coefficient (Wildman–Crippen LogP) is 3.85. The second-order valence-corrected chi connectivity index (χ2v) is 5.54. The van der Waals surface area contributed by atoms with E-state index in [2.05, 4.69) is 56.5 Å². The molecule has 2 rings (SSSR count). The van der Waals surface area contributed by atoms with Crippen molar-refractivity contribution in [3.05, 3.63) is 35.5 Å². The van der Waals surface area contributed by atoms with Crippen LogP contribution in [0.1, 0.15) is 50.9 Å². The van der Waals surface area contributed by atoms with Crippen LogP contribution in [0.15, 0.2) is 24.3 Å². The van der Waals surface area contributed by atoms with Gasteiger partial charge in [-0.15, -0.1) is 0 Å². The molecule has 2 nitrogen and oxygen atoms in total. The van der Waals surface area contributed by atoms with Crippen molar-refractivity contribution >= 4 is 10.9 Å². The summed E-state index contributed by atoms with van der Waals surface area (Å²) in [5.74, 6) is 0.529. The maximum Gasteiger partial charge on any atom is 0.0487 e. The molecule has 18 heavy (non-hydrogen) atoms. The molecular weight excluding hydrogens is 220 g/mol. The van der Waals surface area contributed by atoms with Gasteiger partial charge < -0.3 is 10.3 Å². The lowest BCUT2D eigenvalue weighted by molar-refractivity contribution is 0.572. The highest BCUT2D eigenvalue weighted by Crippen LogP contribution is 2.33. The topological polar surface area (TPSA) is 30.9 Å². The van der Waals surface area contributed by atoms with Crippen LogP contribution < -0.4 is 5.73 Å². The lowest BCUT2D eigenvalue weighted by Crippen LogP contribution is -2.10. The van der Waals surface area contributed by atoms with Gasteiger partial charge in [-0.1, -0.05) is 32.0 Å². The summed E-state index contributed by atoms with van der Waals surface area (Å²) in [6.45, 7) is 9.77. The largest absolute Gasteiger partial charge is 0.342 e. The molecule has 0 fully saturated rings. The van der Waals surface area contributed by atoms with Gasteiger partial charge in [0.15, 0.2) is 0 Å². The normalized spacial score (nSPS) is 11.9. The number of benzene rings is 1. The van der Waals surface area contributed by atoms with E-state index >= 15 is 0 Å². The van der Waals surface area contributed by atoms with E-state index in [0.717, 1.165) is 6.42 Å². The van der Waals surface area contributed by atoms with Crippen molar-refractivity contribution in [1.29, 1.82) is 0 Å². The minimum absolute atomic E-state index is 0.485. The summed E-state index contributed by atoms with van der Waals surface area (Å²) in [6.07, 6.45) is 0.966. The van der Waals surface area contributed by atoms with Crippen LogP contribution in [-0.2, 0) is 6.42 Å². The second-order valence-electron chi connectivity index (χ2n) is 5.54. The Balaban J connectivity index is 2.81. The quantitative estimate of drug-likeness (QED) is 0.870. The molecule has 1 heterocycles. The van der Waals surface area contributed by atoms with E-state index in [9.17, 15) is 0 Å². The average Bonchev–Trinajstić information content (AvgIpc) is 2.65. The summed E-state index contributed by atoms with van der Waals surface area (Å²) in [6, 6.07) is 9.18. The van der Waals surface area contributed by atoms with Crippen LogP contribution in [0, 0.1) is 0 Å². The predicted molar refractivity (Wildman–Crippen MR) is 79.2 cm³/mol. The summed E-state index contributed by atoms with van der Waals surface area (Å²) < 4.78 is 2.48. The molecule has 0 aliphatic carbocycles. The van der Waals surface area contributed by atoms with Gasteiger partial charge in [0.2, 0.25) is 0 Å². The molecule has 0 amide bonds. The molecule has 2 heteroatoms. The highest BCUT2D eigenvalue weighted by Gasteiger charge is 2.19. The monoisotopic (exact) mass is 244 g/mol. The Morgan fingerprint density at radius 1 is 1.11 bits per heavy atom. The molecule has 0 unspecified atom stereocenters. The number of nitrogens with zero attached hydrogens (tertiary/aromatic N) is 1. The van der Waals surface area contributed by atoms with Crippen LogP contribution in [0.2, 0.25) is 0 Å². The molecule has 98 valence electrons. The van der Waals surface area contributed by atoms with Gasteiger partial charge in [0, 0.05) is 22.6 Å². The van der Waals surface area contributed by atoms with Gasteiger partial charge in [-0.3, -0.25) is 0 Å². The number of rotatable bonds is 4. The first-order chi connectivity index (χ1) is 8.57. The van der Waals surface area contributed by atoms with Crippen molar-refractivity contribution in [3.8, 4) is 0 Å². The molecule has 2 aromatic rings.